The molecule has 0 aromatic heterocycles. The van der Waals surface area contributed by atoms with Gasteiger partial charge < -0.3 is 9.47 Å². The van der Waals surface area contributed by atoms with Crippen LogP contribution in [0.5, 0.6) is 23.0 Å². The highest BCUT2D eigenvalue weighted by Gasteiger charge is 2.53. The normalized spacial score (nSPS) is 12.8. The molecule has 2 aliphatic rings. The van der Waals surface area contributed by atoms with Gasteiger partial charge in [-0.25, -0.2) is 0 Å². The molecule has 3 heteroatoms. The Morgan fingerprint density at radius 1 is 0.281 bits per heavy atom. The summed E-state index contributed by atoms with van der Waals surface area (Å²) >= 11 is 0. The summed E-state index contributed by atoms with van der Waals surface area (Å²) in [6, 6.07) is 85.7. The second-order valence-electron chi connectivity index (χ2n) is 16.7. The second kappa shape index (κ2) is 15.4. The molecule has 0 N–H and O–H groups in total. The lowest BCUT2D eigenvalue weighted by Crippen LogP contribution is -2.77. The molecule has 12 rings (SSSR count). The van der Waals surface area contributed by atoms with E-state index in [4.69, 9.17) is 9.47 Å². The van der Waals surface area contributed by atoms with Crippen LogP contribution in [-0.4, -0.2) is 8.07 Å². The number of aryl methyl sites for hydroxylation is 1. The molecular formula is C61H42O2Si. The number of rotatable bonds is 6. The Morgan fingerprint density at radius 2 is 0.641 bits per heavy atom. The van der Waals surface area contributed by atoms with Gasteiger partial charge in [0.15, 0.2) is 8.07 Å². The fourth-order valence-electron chi connectivity index (χ4n) is 10.4. The average molecular weight is 835 g/mol. The number of para-hydroxylation sites is 3. The van der Waals surface area contributed by atoms with Crippen molar-refractivity contribution in [3.05, 3.63) is 242 Å². The molecule has 1 spiro atoms. The minimum absolute atomic E-state index is 0.905. The molecule has 0 bridgehead atoms. The summed E-state index contributed by atoms with van der Waals surface area (Å²) in [6.45, 7) is 2.21. The van der Waals surface area contributed by atoms with Gasteiger partial charge in [-0.05, 0) is 119 Å². The van der Waals surface area contributed by atoms with Gasteiger partial charge in [0.1, 0.15) is 23.0 Å². The maximum absolute atomic E-state index is 7.19. The van der Waals surface area contributed by atoms with E-state index in [1.54, 1.807) is 0 Å². The lowest BCUT2D eigenvalue weighted by atomic mass is 9.78. The van der Waals surface area contributed by atoms with Crippen molar-refractivity contribution in [2.45, 2.75) is 6.92 Å². The Hall–Kier alpha value is -7.98. The smallest absolute Gasteiger partial charge is 0.196 e. The van der Waals surface area contributed by atoms with Crippen LogP contribution in [0.25, 0.3) is 66.8 Å². The van der Waals surface area contributed by atoms with Gasteiger partial charge in [-0.2, -0.15) is 0 Å². The van der Waals surface area contributed by atoms with E-state index in [-0.39, 0.29) is 0 Å². The van der Waals surface area contributed by atoms with Crippen molar-refractivity contribution in [2.24, 2.45) is 0 Å². The van der Waals surface area contributed by atoms with Crippen LogP contribution in [-0.2, 0) is 0 Å². The van der Waals surface area contributed by atoms with Crippen molar-refractivity contribution in [3.8, 4) is 89.8 Å². The highest BCUT2D eigenvalue weighted by Crippen LogP contribution is 2.51. The zero-order valence-corrected chi connectivity index (χ0v) is 36.3. The second-order valence-corrected chi connectivity index (χ2v) is 20.4. The molecule has 302 valence electrons. The summed E-state index contributed by atoms with van der Waals surface area (Å²) in [5.41, 5.74) is 15.2. The molecule has 2 aliphatic heterocycles. The monoisotopic (exact) mass is 834 g/mol. The predicted molar refractivity (Wildman–Crippen MR) is 268 cm³/mol. The SMILES string of the molecule is Cc1ccc2c(c1-c1ccc(-c3c(-c4ccccc4)c(-c4ccccc4)cc(-c4ccccc4)c3-c3ccccc3)cc1)Oc1ccccc1[Si]21c2ccccc2Oc2ccccc21. The van der Waals surface area contributed by atoms with Gasteiger partial charge in [-0.15, -0.1) is 0 Å². The Labute approximate surface area is 375 Å². The average Bonchev–Trinajstić information content (AvgIpc) is 3.37. The van der Waals surface area contributed by atoms with Gasteiger partial charge in [-0.1, -0.05) is 212 Å². The first-order valence-electron chi connectivity index (χ1n) is 22.0. The first kappa shape index (κ1) is 37.8. The number of hydrogen-bond donors (Lipinski definition) is 0. The first-order chi connectivity index (χ1) is 31.7. The van der Waals surface area contributed by atoms with Crippen molar-refractivity contribution < 1.29 is 9.47 Å². The molecule has 0 saturated carbocycles. The van der Waals surface area contributed by atoms with Crippen LogP contribution >= 0.6 is 0 Å². The van der Waals surface area contributed by atoms with E-state index in [0.717, 1.165) is 45.3 Å². The van der Waals surface area contributed by atoms with Gasteiger partial charge in [0.2, 0.25) is 0 Å². The molecule has 0 atom stereocenters. The third kappa shape index (κ3) is 5.93. The quantitative estimate of drug-likeness (QED) is 0.155. The highest BCUT2D eigenvalue weighted by molar-refractivity contribution is 7.21. The molecule has 2 nitrogen and oxygen atoms in total. The van der Waals surface area contributed by atoms with Crippen LogP contribution in [0.2, 0.25) is 0 Å². The Balaban J connectivity index is 1.12. The summed E-state index contributed by atoms with van der Waals surface area (Å²) in [4.78, 5) is 0. The van der Waals surface area contributed by atoms with E-state index >= 15 is 0 Å². The Morgan fingerprint density at radius 3 is 1.09 bits per heavy atom. The summed E-state index contributed by atoms with van der Waals surface area (Å²) in [5.74, 6) is 3.66. The maximum atomic E-state index is 7.19. The van der Waals surface area contributed by atoms with Crippen LogP contribution in [0.15, 0.2) is 237 Å². The van der Waals surface area contributed by atoms with Crippen LogP contribution in [0.4, 0.5) is 0 Å². The first-order valence-corrected chi connectivity index (χ1v) is 24.0. The number of ether oxygens (including phenoxy) is 2. The van der Waals surface area contributed by atoms with Crippen molar-refractivity contribution >= 4 is 28.8 Å². The van der Waals surface area contributed by atoms with E-state index in [1.165, 1.54) is 70.8 Å². The molecule has 2 heterocycles. The predicted octanol–water partition coefficient (Wildman–Crippen LogP) is 13.6. The maximum Gasteiger partial charge on any atom is 0.196 e. The van der Waals surface area contributed by atoms with Crippen molar-refractivity contribution in [2.75, 3.05) is 0 Å². The van der Waals surface area contributed by atoms with E-state index in [9.17, 15) is 0 Å². The van der Waals surface area contributed by atoms with Crippen molar-refractivity contribution in [3.63, 3.8) is 0 Å². The molecule has 10 aromatic rings. The molecule has 0 radical (unpaired) electrons. The fourth-order valence-corrected chi connectivity index (χ4v) is 15.6. The molecule has 0 fully saturated rings. The van der Waals surface area contributed by atoms with Gasteiger partial charge in [0.05, 0.1) is 0 Å². The summed E-state index contributed by atoms with van der Waals surface area (Å²) < 4.78 is 13.9. The van der Waals surface area contributed by atoms with Crippen LogP contribution in [0, 0.1) is 6.92 Å². The third-order valence-electron chi connectivity index (χ3n) is 13.2. The lowest BCUT2D eigenvalue weighted by Gasteiger charge is -2.43. The molecule has 0 unspecified atom stereocenters. The number of benzene rings is 10. The molecular weight excluding hydrogens is 793 g/mol. The number of fused-ring (bicyclic) bond motifs is 8. The zero-order valence-electron chi connectivity index (χ0n) is 35.3. The molecule has 0 saturated heterocycles. The zero-order chi connectivity index (χ0) is 42.6. The van der Waals surface area contributed by atoms with Crippen LogP contribution in [0.1, 0.15) is 5.56 Å². The minimum atomic E-state index is -2.92. The third-order valence-corrected chi connectivity index (χ3v) is 18.0. The van der Waals surface area contributed by atoms with Gasteiger partial charge >= 0.3 is 0 Å². The molecule has 0 aliphatic carbocycles. The largest absolute Gasteiger partial charge is 0.458 e. The molecule has 0 amide bonds. The number of hydrogen-bond acceptors (Lipinski definition) is 2. The van der Waals surface area contributed by atoms with E-state index in [1.807, 2.05) is 0 Å². The van der Waals surface area contributed by atoms with Crippen LogP contribution < -0.4 is 30.2 Å². The summed E-state index contributed by atoms with van der Waals surface area (Å²) in [6.07, 6.45) is 0. The van der Waals surface area contributed by atoms with Crippen molar-refractivity contribution in [1.29, 1.82) is 0 Å². The van der Waals surface area contributed by atoms with E-state index in [2.05, 4.69) is 244 Å². The van der Waals surface area contributed by atoms with Crippen LogP contribution in [0.3, 0.4) is 0 Å². The summed E-state index contributed by atoms with van der Waals surface area (Å²) in [5, 5.41) is 4.96. The van der Waals surface area contributed by atoms with E-state index in [0.29, 0.717) is 0 Å². The minimum Gasteiger partial charge on any atom is -0.458 e. The standard InChI is InChI=1S/C61H42O2Si/c1-41-34-39-56-61(63-52-30-16-19-33-55(52)64(56)53-31-17-14-28-50(53)62-51-29-15-18-32-54(51)64)57(41)46-35-37-47(38-36-46)60-58(44-24-10-4-11-25-44)48(42-20-6-2-7-21-42)40-49(43-22-8-3-9-23-43)59(60)45-26-12-5-13-27-45/h2-40H,1H3. The Bertz CT molecular complexity index is 3200. The Kier molecular flexibility index (Phi) is 9.10. The fraction of sp³-hybridized carbons (Fsp3) is 0.0164. The summed E-state index contributed by atoms with van der Waals surface area (Å²) in [7, 11) is -2.92. The van der Waals surface area contributed by atoms with Gasteiger partial charge in [-0.3, -0.25) is 0 Å². The van der Waals surface area contributed by atoms with E-state index < -0.39 is 8.07 Å². The topological polar surface area (TPSA) is 18.5 Å². The lowest BCUT2D eigenvalue weighted by molar-refractivity contribution is 0.482. The highest BCUT2D eigenvalue weighted by atomic mass is 28.3. The van der Waals surface area contributed by atoms with Crippen molar-refractivity contribution in [1.82, 2.24) is 0 Å². The van der Waals surface area contributed by atoms with Gasteiger partial charge in [0, 0.05) is 5.56 Å². The molecule has 64 heavy (non-hydrogen) atoms. The molecule has 10 aromatic carbocycles. The van der Waals surface area contributed by atoms with Gasteiger partial charge in [0.25, 0.3) is 0 Å².